The molecule has 144 valence electrons. The Kier molecular flexibility index (Phi) is 4.51. The van der Waals surface area contributed by atoms with Gasteiger partial charge in [0.15, 0.2) is 4.77 Å². The summed E-state index contributed by atoms with van der Waals surface area (Å²) in [6.45, 7) is 6.07. The van der Waals surface area contributed by atoms with Crippen molar-refractivity contribution in [3.05, 3.63) is 58.6 Å². The Balaban J connectivity index is 2.03. The molecule has 0 radical (unpaired) electrons. The van der Waals surface area contributed by atoms with E-state index in [0.717, 1.165) is 40.0 Å². The lowest BCUT2D eigenvalue weighted by atomic mass is 9.96. The zero-order valence-electron chi connectivity index (χ0n) is 16.1. The Morgan fingerprint density at radius 3 is 2.57 bits per heavy atom. The second kappa shape index (κ2) is 6.87. The minimum Gasteiger partial charge on any atom is -0.508 e. The molecule has 0 aliphatic carbocycles. The number of H-pyrrole nitrogens is 2. The summed E-state index contributed by atoms with van der Waals surface area (Å²) >= 11 is 5.63. The fourth-order valence-corrected chi connectivity index (χ4v) is 4.01. The maximum Gasteiger partial charge on any atom is 0.182 e. The first-order chi connectivity index (χ1) is 13.4. The van der Waals surface area contributed by atoms with Crippen LogP contribution in [0.4, 0.5) is 0 Å². The third kappa shape index (κ3) is 2.90. The first kappa shape index (κ1) is 18.4. The van der Waals surface area contributed by atoms with Crippen molar-refractivity contribution < 1.29 is 10.2 Å². The lowest BCUT2D eigenvalue weighted by molar-refractivity contribution is 0.445. The predicted octanol–water partition coefficient (Wildman–Crippen LogP) is 5.78. The number of hydrogen-bond acceptors (Lipinski definition) is 3. The first-order valence-corrected chi connectivity index (χ1v) is 9.79. The zero-order chi connectivity index (χ0) is 20.0. The van der Waals surface area contributed by atoms with Crippen LogP contribution < -0.4 is 0 Å². The molecule has 4 N–H and O–H groups in total. The van der Waals surface area contributed by atoms with Crippen molar-refractivity contribution in [3.8, 4) is 28.4 Å². The number of aromatic amines is 2. The Morgan fingerprint density at radius 1 is 1.07 bits per heavy atom. The minimum atomic E-state index is 0.0297. The Hall–Kier alpha value is -2.99. The van der Waals surface area contributed by atoms with Crippen LogP contribution in [-0.4, -0.2) is 24.7 Å². The molecule has 2 aromatic carbocycles. The number of phenolic OH excluding ortho intramolecular Hbond substituents is 2. The topological polar surface area (TPSA) is 77.0 Å². The number of benzene rings is 2. The summed E-state index contributed by atoms with van der Waals surface area (Å²) in [4.78, 5) is 6.49. The van der Waals surface area contributed by atoms with Crippen LogP contribution >= 0.6 is 12.2 Å². The number of hydrogen-bond donors (Lipinski definition) is 4. The number of aryl methyl sites for hydroxylation is 1. The summed E-state index contributed by atoms with van der Waals surface area (Å²) in [6, 6.07) is 11.4. The number of rotatable bonds is 4. The van der Waals surface area contributed by atoms with Gasteiger partial charge in [-0.1, -0.05) is 20.8 Å². The molecule has 2 heterocycles. The Bertz CT molecular complexity index is 1230. The number of aromatic nitrogens is 3. The number of nitrogens with one attached hydrogen (secondary N) is 2. The molecule has 28 heavy (non-hydrogen) atoms. The number of imidazole rings is 1. The monoisotopic (exact) mass is 393 g/mol. The van der Waals surface area contributed by atoms with Crippen molar-refractivity contribution in [2.24, 2.45) is 0 Å². The number of aromatic hydroxyl groups is 2. The molecule has 2 aromatic heterocycles. The van der Waals surface area contributed by atoms with E-state index in [1.807, 2.05) is 55.8 Å². The molecule has 5 nitrogen and oxygen atoms in total. The SMILES string of the molecule is CCc1[nH]c(=S)n(-c2ccc3[nH]ccc3c2)c1-c1cc(C(C)C)c(O)cc1O. The van der Waals surface area contributed by atoms with Crippen LogP contribution in [0, 0.1) is 4.77 Å². The smallest absolute Gasteiger partial charge is 0.182 e. The average molecular weight is 394 g/mol. The van der Waals surface area contributed by atoms with Gasteiger partial charge < -0.3 is 20.2 Å². The first-order valence-electron chi connectivity index (χ1n) is 9.38. The third-order valence-electron chi connectivity index (χ3n) is 5.14. The van der Waals surface area contributed by atoms with Crippen molar-refractivity contribution >= 4 is 23.1 Å². The van der Waals surface area contributed by atoms with Crippen molar-refractivity contribution in [3.63, 3.8) is 0 Å². The number of phenols is 2. The molecule has 0 aliphatic heterocycles. The molecule has 4 rings (SSSR count). The van der Waals surface area contributed by atoms with E-state index < -0.39 is 0 Å². The highest BCUT2D eigenvalue weighted by Gasteiger charge is 2.20. The van der Waals surface area contributed by atoms with Gasteiger partial charge >= 0.3 is 0 Å². The van der Waals surface area contributed by atoms with Crippen LogP contribution in [0.25, 0.3) is 27.8 Å². The zero-order valence-corrected chi connectivity index (χ0v) is 16.9. The van der Waals surface area contributed by atoms with Crippen LogP contribution in [-0.2, 0) is 6.42 Å². The molecular formula is C22H23N3O2S. The van der Waals surface area contributed by atoms with E-state index in [0.29, 0.717) is 10.3 Å². The van der Waals surface area contributed by atoms with Crippen molar-refractivity contribution in [1.82, 2.24) is 14.5 Å². The molecule has 6 heteroatoms. The molecule has 0 amide bonds. The minimum absolute atomic E-state index is 0.0297. The van der Waals surface area contributed by atoms with Gasteiger partial charge in [-0.25, -0.2) is 0 Å². The van der Waals surface area contributed by atoms with E-state index in [4.69, 9.17) is 12.2 Å². The van der Waals surface area contributed by atoms with Gasteiger partial charge in [-0.2, -0.15) is 0 Å². The van der Waals surface area contributed by atoms with Crippen LogP contribution in [0.5, 0.6) is 11.5 Å². The molecule has 0 fully saturated rings. The summed E-state index contributed by atoms with van der Waals surface area (Å²) in [6.07, 6.45) is 2.64. The van der Waals surface area contributed by atoms with E-state index in [1.54, 1.807) is 0 Å². The van der Waals surface area contributed by atoms with Crippen LogP contribution in [0.1, 0.15) is 37.9 Å². The maximum atomic E-state index is 10.7. The molecule has 0 spiro atoms. The van der Waals surface area contributed by atoms with Gasteiger partial charge in [0, 0.05) is 40.1 Å². The summed E-state index contributed by atoms with van der Waals surface area (Å²) in [5, 5.41) is 22.0. The van der Waals surface area contributed by atoms with Gasteiger partial charge in [0.25, 0.3) is 0 Å². The highest BCUT2D eigenvalue weighted by molar-refractivity contribution is 7.71. The standard InChI is InChI=1S/C22H23N3O2S/c1-4-17-21(16-10-15(12(2)3)19(26)11-20(16)27)25(22(28)24-17)14-5-6-18-13(9-14)7-8-23-18/h5-12,23,26-27H,4H2,1-3H3,(H,24,28). The molecule has 0 unspecified atom stereocenters. The van der Waals surface area contributed by atoms with Gasteiger partial charge in [-0.3, -0.25) is 4.57 Å². The van der Waals surface area contributed by atoms with E-state index in [9.17, 15) is 10.2 Å². The van der Waals surface area contributed by atoms with Crippen molar-refractivity contribution in [2.75, 3.05) is 0 Å². The highest BCUT2D eigenvalue weighted by Crippen LogP contribution is 2.40. The average Bonchev–Trinajstić information content (AvgIpc) is 3.24. The van der Waals surface area contributed by atoms with Gasteiger partial charge in [-0.05, 0) is 60.5 Å². The quantitative estimate of drug-likeness (QED) is 0.332. The molecule has 0 saturated heterocycles. The summed E-state index contributed by atoms with van der Waals surface area (Å²) < 4.78 is 2.52. The normalized spacial score (nSPS) is 11.6. The van der Waals surface area contributed by atoms with E-state index in [-0.39, 0.29) is 17.4 Å². The van der Waals surface area contributed by atoms with E-state index >= 15 is 0 Å². The number of nitrogens with zero attached hydrogens (tertiary/aromatic N) is 1. The van der Waals surface area contributed by atoms with Crippen LogP contribution in [0.15, 0.2) is 42.6 Å². The second-order valence-electron chi connectivity index (χ2n) is 7.28. The fourth-order valence-electron chi connectivity index (χ4n) is 3.69. The van der Waals surface area contributed by atoms with Crippen molar-refractivity contribution in [1.29, 1.82) is 0 Å². The Labute approximate surface area is 168 Å². The third-order valence-corrected chi connectivity index (χ3v) is 5.43. The lowest BCUT2D eigenvalue weighted by Gasteiger charge is -2.16. The lowest BCUT2D eigenvalue weighted by Crippen LogP contribution is -2.00. The predicted molar refractivity (Wildman–Crippen MR) is 115 cm³/mol. The van der Waals surface area contributed by atoms with E-state index in [1.165, 1.54) is 6.07 Å². The van der Waals surface area contributed by atoms with Gasteiger partial charge in [-0.15, -0.1) is 0 Å². The second-order valence-corrected chi connectivity index (χ2v) is 7.67. The number of fused-ring (bicyclic) bond motifs is 1. The Morgan fingerprint density at radius 2 is 1.86 bits per heavy atom. The maximum absolute atomic E-state index is 10.7. The molecule has 0 saturated carbocycles. The molecule has 4 aromatic rings. The summed E-state index contributed by atoms with van der Waals surface area (Å²) in [5.74, 6) is 0.252. The highest BCUT2D eigenvalue weighted by atomic mass is 32.1. The van der Waals surface area contributed by atoms with Gasteiger partial charge in [0.2, 0.25) is 0 Å². The molecule has 0 atom stereocenters. The van der Waals surface area contributed by atoms with Gasteiger partial charge in [0.05, 0.1) is 5.69 Å². The largest absolute Gasteiger partial charge is 0.508 e. The van der Waals surface area contributed by atoms with Crippen LogP contribution in [0.3, 0.4) is 0 Å². The van der Waals surface area contributed by atoms with E-state index in [2.05, 4.69) is 16.0 Å². The molecule has 0 aliphatic rings. The summed E-state index contributed by atoms with van der Waals surface area (Å²) in [5.41, 5.74) is 5.17. The molecule has 0 bridgehead atoms. The van der Waals surface area contributed by atoms with Crippen LogP contribution in [0.2, 0.25) is 0 Å². The molecular weight excluding hydrogens is 370 g/mol. The van der Waals surface area contributed by atoms with Crippen molar-refractivity contribution in [2.45, 2.75) is 33.1 Å². The van der Waals surface area contributed by atoms with Gasteiger partial charge in [0.1, 0.15) is 11.5 Å². The fraction of sp³-hybridized carbons (Fsp3) is 0.227. The summed E-state index contributed by atoms with van der Waals surface area (Å²) in [7, 11) is 0.